The van der Waals surface area contributed by atoms with Crippen LogP contribution in [0, 0.1) is 6.92 Å². The van der Waals surface area contributed by atoms with Crippen molar-refractivity contribution in [3.63, 3.8) is 0 Å². The molecule has 1 aromatic carbocycles. The minimum absolute atomic E-state index is 0.0456. The van der Waals surface area contributed by atoms with Crippen molar-refractivity contribution >= 4 is 21.4 Å². The van der Waals surface area contributed by atoms with E-state index in [1.165, 1.54) is 4.88 Å². The molecule has 7 heteroatoms. The molecule has 148 valence electrons. The number of piperazine rings is 1. The topological polar surface area (TPSA) is 52.6 Å². The van der Waals surface area contributed by atoms with Gasteiger partial charge in [0, 0.05) is 37.1 Å². The Bertz CT molecular complexity index is 811. The molecular weight excluding hydrogens is 378 g/mol. The maximum atomic E-state index is 12.9. The molecule has 1 N–H and O–H groups in total. The Labute approximate surface area is 167 Å². The molecule has 0 radical (unpaired) electrons. The van der Waals surface area contributed by atoms with E-state index in [0.717, 1.165) is 38.3 Å². The third-order valence-corrected chi connectivity index (χ3v) is 7.75. The molecule has 0 saturated carbocycles. The summed E-state index contributed by atoms with van der Waals surface area (Å²) in [7, 11) is -3.55. The zero-order valence-electron chi connectivity index (χ0n) is 16.3. The van der Waals surface area contributed by atoms with Crippen molar-refractivity contribution in [2.75, 3.05) is 32.7 Å². The summed E-state index contributed by atoms with van der Waals surface area (Å²) < 4.78 is 28.7. The van der Waals surface area contributed by atoms with E-state index < -0.39 is 10.0 Å². The van der Waals surface area contributed by atoms with Crippen molar-refractivity contribution in [1.29, 1.82) is 0 Å². The summed E-state index contributed by atoms with van der Waals surface area (Å²) in [6, 6.07) is 11.0. The molecule has 3 rings (SSSR count). The molecule has 0 spiro atoms. The van der Waals surface area contributed by atoms with Crippen LogP contribution in [0.15, 0.2) is 46.7 Å². The first-order chi connectivity index (χ1) is 12.9. The average molecular weight is 408 g/mol. The van der Waals surface area contributed by atoms with Crippen LogP contribution in [0.4, 0.5) is 0 Å². The van der Waals surface area contributed by atoms with Gasteiger partial charge in [0.05, 0.1) is 10.9 Å². The van der Waals surface area contributed by atoms with Crippen LogP contribution in [0.3, 0.4) is 0 Å². The second-order valence-corrected chi connectivity index (χ2v) is 9.85. The van der Waals surface area contributed by atoms with Gasteiger partial charge in [-0.3, -0.25) is 4.90 Å². The highest BCUT2D eigenvalue weighted by molar-refractivity contribution is 7.89. The van der Waals surface area contributed by atoms with Gasteiger partial charge in [-0.25, -0.2) is 13.1 Å². The molecule has 1 saturated heterocycles. The lowest BCUT2D eigenvalue weighted by molar-refractivity contribution is 0.0888. The summed E-state index contributed by atoms with van der Waals surface area (Å²) in [5.41, 5.74) is 1.05. The summed E-state index contributed by atoms with van der Waals surface area (Å²) in [6.45, 7) is 11.1. The molecule has 27 heavy (non-hydrogen) atoms. The second kappa shape index (κ2) is 8.84. The Morgan fingerprint density at radius 3 is 2.33 bits per heavy atom. The zero-order chi connectivity index (χ0) is 19.4. The number of nitrogens with one attached hydrogen (secondary N) is 1. The molecule has 0 aliphatic carbocycles. The summed E-state index contributed by atoms with van der Waals surface area (Å²) in [6.07, 6.45) is 0. The number of nitrogens with zero attached hydrogens (tertiary/aromatic N) is 2. The van der Waals surface area contributed by atoms with Crippen molar-refractivity contribution in [3.8, 4) is 0 Å². The van der Waals surface area contributed by atoms with Crippen LogP contribution < -0.4 is 4.72 Å². The van der Waals surface area contributed by atoms with Crippen molar-refractivity contribution in [2.24, 2.45) is 0 Å². The van der Waals surface area contributed by atoms with Crippen molar-refractivity contribution in [2.45, 2.75) is 37.8 Å². The quantitative estimate of drug-likeness (QED) is 0.766. The molecule has 2 atom stereocenters. The first kappa shape index (κ1) is 20.5. The van der Waals surface area contributed by atoms with Crippen LogP contribution in [0.25, 0.3) is 0 Å². The highest BCUT2D eigenvalue weighted by Gasteiger charge is 2.32. The highest BCUT2D eigenvalue weighted by atomic mass is 32.2. The van der Waals surface area contributed by atoms with Crippen molar-refractivity contribution < 1.29 is 8.42 Å². The van der Waals surface area contributed by atoms with Crippen molar-refractivity contribution in [3.05, 3.63) is 52.2 Å². The monoisotopic (exact) mass is 407 g/mol. The molecule has 1 fully saturated rings. The summed E-state index contributed by atoms with van der Waals surface area (Å²) in [5, 5.41) is 2.06. The Morgan fingerprint density at radius 2 is 1.78 bits per heavy atom. The van der Waals surface area contributed by atoms with Crippen LogP contribution in [0.2, 0.25) is 0 Å². The number of aryl methyl sites for hydroxylation is 1. The van der Waals surface area contributed by atoms with E-state index in [0.29, 0.717) is 4.90 Å². The van der Waals surface area contributed by atoms with E-state index in [2.05, 4.69) is 32.9 Å². The maximum Gasteiger partial charge on any atom is 0.240 e. The number of likely N-dealkylation sites (N-methyl/N-ethyl adjacent to an activating group) is 1. The average Bonchev–Trinajstić information content (AvgIpc) is 3.16. The molecule has 1 aromatic heterocycles. The SMILES string of the molecule is CCN1CCN([C@@H](c2cccs2)[C@H](C)NS(=O)(=O)c2ccc(C)cc2)CC1. The minimum atomic E-state index is -3.55. The van der Waals surface area contributed by atoms with E-state index in [1.807, 2.05) is 32.0 Å². The fraction of sp³-hybridized carbons (Fsp3) is 0.500. The third-order valence-electron chi connectivity index (χ3n) is 5.23. The van der Waals surface area contributed by atoms with Crippen LogP contribution in [0.1, 0.15) is 30.3 Å². The Kier molecular flexibility index (Phi) is 6.70. The molecule has 0 amide bonds. The maximum absolute atomic E-state index is 12.9. The van der Waals surface area contributed by atoms with Gasteiger partial charge < -0.3 is 4.90 Å². The predicted molar refractivity (Wildman–Crippen MR) is 112 cm³/mol. The Morgan fingerprint density at radius 1 is 1.11 bits per heavy atom. The van der Waals surface area contributed by atoms with Gasteiger partial charge in [0.15, 0.2) is 0 Å². The van der Waals surface area contributed by atoms with Crippen molar-refractivity contribution in [1.82, 2.24) is 14.5 Å². The van der Waals surface area contributed by atoms with E-state index in [9.17, 15) is 8.42 Å². The van der Waals surface area contributed by atoms with Crippen LogP contribution in [-0.2, 0) is 10.0 Å². The highest BCUT2D eigenvalue weighted by Crippen LogP contribution is 2.30. The fourth-order valence-electron chi connectivity index (χ4n) is 3.65. The molecule has 1 aliphatic heterocycles. The van der Waals surface area contributed by atoms with Gasteiger partial charge in [-0.2, -0.15) is 0 Å². The van der Waals surface area contributed by atoms with E-state index in [4.69, 9.17) is 0 Å². The number of rotatable bonds is 7. The van der Waals surface area contributed by atoms with Crippen LogP contribution in [0.5, 0.6) is 0 Å². The van der Waals surface area contributed by atoms with E-state index in [1.54, 1.807) is 23.5 Å². The second-order valence-electron chi connectivity index (χ2n) is 7.15. The largest absolute Gasteiger partial charge is 0.301 e. The molecular formula is C20H29N3O2S2. The number of hydrogen-bond donors (Lipinski definition) is 1. The zero-order valence-corrected chi connectivity index (χ0v) is 17.9. The number of benzene rings is 1. The summed E-state index contributed by atoms with van der Waals surface area (Å²) in [4.78, 5) is 6.38. The lowest BCUT2D eigenvalue weighted by atomic mass is 10.1. The predicted octanol–water partition coefficient (Wildman–Crippen LogP) is 3.10. The van der Waals surface area contributed by atoms with Gasteiger partial charge >= 0.3 is 0 Å². The molecule has 1 aliphatic rings. The fourth-order valence-corrected chi connectivity index (χ4v) is 5.87. The number of hydrogen-bond acceptors (Lipinski definition) is 5. The first-order valence-electron chi connectivity index (χ1n) is 9.49. The lowest BCUT2D eigenvalue weighted by Gasteiger charge is -2.41. The minimum Gasteiger partial charge on any atom is -0.301 e. The molecule has 0 bridgehead atoms. The van der Waals surface area contributed by atoms with Gasteiger partial charge in [-0.15, -0.1) is 11.3 Å². The number of thiophene rings is 1. The van der Waals surface area contributed by atoms with Crippen LogP contribution >= 0.6 is 11.3 Å². The molecule has 5 nitrogen and oxygen atoms in total. The van der Waals surface area contributed by atoms with Gasteiger partial charge in [-0.05, 0) is 44.0 Å². The van der Waals surface area contributed by atoms with Crippen LogP contribution in [-0.4, -0.2) is 57.0 Å². The standard InChI is InChI=1S/C20H29N3O2S2/c1-4-22-11-13-23(14-12-22)20(19-6-5-15-26-19)17(3)21-27(24,25)18-9-7-16(2)8-10-18/h5-10,15,17,20-21H,4,11-14H2,1-3H3/t17-,20+/m0/s1. The third kappa shape index (κ3) is 4.97. The molecule has 2 heterocycles. The van der Waals surface area contributed by atoms with Gasteiger partial charge in [-0.1, -0.05) is 30.7 Å². The first-order valence-corrected chi connectivity index (χ1v) is 11.9. The smallest absolute Gasteiger partial charge is 0.240 e. The Hall–Kier alpha value is -1.25. The Balaban J connectivity index is 1.79. The van der Waals surface area contributed by atoms with E-state index in [-0.39, 0.29) is 12.1 Å². The van der Waals surface area contributed by atoms with Gasteiger partial charge in [0.2, 0.25) is 10.0 Å². The molecule has 2 aromatic rings. The summed E-state index contributed by atoms with van der Waals surface area (Å²) in [5.74, 6) is 0. The number of sulfonamides is 1. The molecule has 0 unspecified atom stereocenters. The normalized spacial score (nSPS) is 19.1. The van der Waals surface area contributed by atoms with E-state index >= 15 is 0 Å². The van der Waals surface area contributed by atoms with Gasteiger partial charge in [0.25, 0.3) is 0 Å². The lowest BCUT2D eigenvalue weighted by Crippen LogP contribution is -2.52. The van der Waals surface area contributed by atoms with Gasteiger partial charge in [0.1, 0.15) is 0 Å². The summed E-state index contributed by atoms with van der Waals surface area (Å²) >= 11 is 1.69.